The fourth-order valence-electron chi connectivity index (χ4n) is 1.73. The summed E-state index contributed by atoms with van der Waals surface area (Å²) in [4.78, 5) is 0. The SMILES string of the molecule is Cc1nn(Cc2ccn(C(C)C)n2)c(C)c1Br. The fourth-order valence-corrected chi connectivity index (χ4v) is 2.02. The first kappa shape index (κ1) is 12.4. The van der Waals surface area contributed by atoms with Crippen molar-refractivity contribution in [2.75, 3.05) is 0 Å². The first-order valence-electron chi connectivity index (χ1n) is 5.72. The zero-order valence-electron chi connectivity index (χ0n) is 10.6. The zero-order chi connectivity index (χ0) is 12.6. The summed E-state index contributed by atoms with van der Waals surface area (Å²) in [6.07, 6.45) is 2.01. The molecular formula is C12H17BrN4. The highest BCUT2D eigenvalue weighted by Crippen LogP contribution is 2.20. The van der Waals surface area contributed by atoms with Gasteiger partial charge in [-0.15, -0.1) is 0 Å². The van der Waals surface area contributed by atoms with Crippen molar-refractivity contribution in [2.45, 2.75) is 40.3 Å². The molecule has 0 saturated carbocycles. The molecule has 0 aliphatic rings. The molecule has 0 aliphatic carbocycles. The Hall–Kier alpha value is -1.10. The summed E-state index contributed by atoms with van der Waals surface area (Å²) in [5.74, 6) is 0. The van der Waals surface area contributed by atoms with Gasteiger partial charge in [-0.3, -0.25) is 9.36 Å². The molecule has 4 nitrogen and oxygen atoms in total. The zero-order valence-corrected chi connectivity index (χ0v) is 12.2. The van der Waals surface area contributed by atoms with Crippen LogP contribution >= 0.6 is 15.9 Å². The first-order chi connectivity index (χ1) is 7.99. The number of aryl methyl sites for hydroxylation is 1. The van der Waals surface area contributed by atoms with Gasteiger partial charge in [-0.1, -0.05) is 0 Å². The Bertz CT molecular complexity index is 525. The van der Waals surface area contributed by atoms with Crippen molar-refractivity contribution in [1.82, 2.24) is 19.6 Å². The smallest absolute Gasteiger partial charge is 0.0853 e. The summed E-state index contributed by atoms with van der Waals surface area (Å²) >= 11 is 3.53. The molecular weight excluding hydrogens is 280 g/mol. The van der Waals surface area contributed by atoms with Crippen LogP contribution in [0.5, 0.6) is 0 Å². The van der Waals surface area contributed by atoms with Crippen molar-refractivity contribution in [3.8, 4) is 0 Å². The van der Waals surface area contributed by atoms with Crippen LogP contribution in [0, 0.1) is 13.8 Å². The predicted molar refractivity (Wildman–Crippen MR) is 71.1 cm³/mol. The van der Waals surface area contributed by atoms with E-state index >= 15 is 0 Å². The van der Waals surface area contributed by atoms with E-state index in [0.29, 0.717) is 6.04 Å². The summed E-state index contributed by atoms with van der Waals surface area (Å²) in [6.45, 7) is 9.02. The molecule has 0 radical (unpaired) electrons. The second-order valence-electron chi connectivity index (χ2n) is 4.52. The molecule has 92 valence electrons. The molecule has 2 aromatic heterocycles. The highest BCUT2D eigenvalue weighted by Gasteiger charge is 2.10. The Kier molecular flexibility index (Phi) is 3.38. The molecule has 0 amide bonds. The third kappa shape index (κ3) is 2.44. The van der Waals surface area contributed by atoms with Gasteiger partial charge < -0.3 is 0 Å². The van der Waals surface area contributed by atoms with Crippen molar-refractivity contribution >= 4 is 15.9 Å². The van der Waals surface area contributed by atoms with E-state index in [9.17, 15) is 0 Å². The maximum absolute atomic E-state index is 4.53. The Labute approximate surface area is 110 Å². The number of rotatable bonds is 3. The highest BCUT2D eigenvalue weighted by atomic mass is 79.9. The van der Waals surface area contributed by atoms with Gasteiger partial charge in [-0.05, 0) is 49.7 Å². The van der Waals surface area contributed by atoms with E-state index in [1.807, 2.05) is 28.6 Å². The topological polar surface area (TPSA) is 35.6 Å². The van der Waals surface area contributed by atoms with Crippen molar-refractivity contribution < 1.29 is 0 Å². The minimum Gasteiger partial charge on any atom is -0.270 e. The second-order valence-corrected chi connectivity index (χ2v) is 5.32. The second kappa shape index (κ2) is 4.64. The molecule has 0 fully saturated rings. The standard InChI is InChI=1S/C12H17BrN4/c1-8(2)16-6-5-11(15-16)7-17-10(4)12(13)9(3)14-17/h5-6,8H,7H2,1-4H3. The van der Waals surface area contributed by atoms with Gasteiger partial charge in [0.15, 0.2) is 0 Å². The first-order valence-corrected chi connectivity index (χ1v) is 6.52. The van der Waals surface area contributed by atoms with Crippen LogP contribution in [0.15, 0.2) is 16.7 Å². The van der Waals surface area contributed by atoms with Gasteiger partial charge in [0, 0.05) is 12.2 Å². The number of nitrogens with zero attached hydrogens (tertiary/aromatic N) is 4. The van der Waals surface area contributed by atoms with Crippen LogP contribution in [0.25, 0.3) is 0 Å². The molecule has 0 aromatic carbocycles. The number of aromatic nitrogens is 4. The largest absolute Gasteiger partial charge is 0.270 e. The predicted octanol–water partition coefficient (Wildman–Crippen LogP) is 3.09. The molecule has 0 bridgehead atoms. The average Bonchev–Trinajstić information content (AvgIpc) is 2.82. The van der Waals surface area contributed by atoms with Gasteiger partial charge in [0.2, 0.25) is 0 Å². The Morgan fingerprint density at radius 2 is 2.00 bits per heavy atom. The van der Waals surface area contributed by atoms with Gasteiger partial charge in [-0.2, -0.15) is 10.2 Å². The van der Waals surface area contributed by atoms with Crippen LogP contribution in [-0.2, 0) is 6.54 Å². The molecule has 17 heavy (non-hydrogen) atoms. The molecule has 2 aromatic rings. The van der Waals surface area contributed by atoms with Gasteiger partial charge in [0.05, 0.1) is 28.1 Å². The molecule has 2 rings (SSSR count). The van der Waals surface area contributed by atoms with E-state index in [0.717, 1.165) is 28.1 Å². The van der Waals surface area contributed by atoms with E-state index in [4.69, 9.17) is 0 Å². The minimum absolute atomic E-state index is 0.399. The lowest BCUT2D eigenvalue weighted by molar-refractivity contribution is 0.519. The van der Waals surface area contributed by atoms with Crippen LogP contribution in [0.4, 0.5) is 0 Å². The van der Waals surface area contributed by atoms with Gasteiger partial charge in [0.25, 0.3) is 0 Å². The number of hydrogen-bond donors (Lipinski definition) is 0. The monoisotopic (exact) mass is 296 g/mol. The molecule has 0 aliphatic heterocycles. The lowest BCUT2D eigenvalue weighted by Crippen LogP contribution is -2.07. The van der Waals surface area contributed by atoms with Crippen LogP contribution in [0.3, 0.4) is 0 Å². The lowest BCUT2D eigenvalue weighted by Gasteiger charge is -2.04. The van der Waals surface area contributed by atoms with Gasteiger partial charge in [0.1, 0.15) is 0 Å². The van der Waals surface area contributed by atoms with Crippen molar-refractivity contribution in [3.05, 3.63) is 33.8 Å². The van der Waals surface area contributed by atoms with Crippen LogP contribution in [0.1, 0.15) is 37.0 Å². The van der Waals surface area contributed by atoms with Crippen LogP contribution in [-0.4, -0.2) is 19.6 Å². The Balaban J connectivity index is 2.22. The molecule has 0 atom stereocenters. The van der Waals surface area contributed by atoms with Crippen molar-refractivity contribution in [3.63, 3.8) is 0 Å². The summed E-state index contributed by atoms with van der Waals surface area (Å²) in [5.41, 5.74) is 3.20. The minimum atomic E-state index is 0.399. The third-order valence-corrected chi connectivity index (χ3v) is 3.95. The normalized spacial score (nSPS) is 11.4. The fraction of sp³-hybridized carbons (Fsp3) is 0.500. The molecule has 0 N–H and O–H groups in total. The molecule has 0 unspecified atom stereocenters. The van der Waals surface area contributed by atoms with E-state index in [2.05, 4.69) is 46.9 Å². The molecule has 0 spiro atoms. The van der Waals surface area contributed by atoms with Crippen LogP contribution in [0.2, 0.25) is 0 Å². The van der Waals surface area contributed by atoms with Gasteiger partial charge in [-0.25, -0.2) is 0 Å². The third-order valence-electron chi connectivity index (χ3n) is 2.80. The number of halogens is 1. The maximum Gasteiger partial charge on any atom is 0.0853 e. The Morgan fingerprint density at radius 3 is 2.47 bits per heavy atom. The van der Waals surface area contributed by atoms with Crippen molar-refractivity contribution in [1.29, 1.82) is 0 Å². The summed E-state index contributed by atoms with van der Waals surface area (Å²) in [5, 5.41) is 9.01. The van der Waals surface area contributed by atoms with E-state index in [1.165, 1.54) is 0 Å². The number of hydrogen-bond acceptors (Lipinski definition) is 2. The van der Waals surface area contributed by atoms with Crippen LogP contribution < -0.4 is 0 Å². The quantitative estimate of drug-likeness (QED) is 0.872. The van der Waals surface area contributed by atoms with E-state index < -0.39 is 0 Å². The molecule has 5 heteroatoms. The molecule has 0 saturated heterocycles. The average molecular weight is 297 g/mol. The van der Waals surface area contributed by atoms with E-state index in [-0.39, 0.29) is 0 Å². The van der Waals surface area contributed by atoms with E-state index in [1.54, 1.807) is 0 Å². The maximum atomic E-state index is 4.53. The lowest BCUT2D eigenvalue weighted by atomic mass is 10.4. The summed E-state index contributed by atoms with van der Waals surface area (Å²) in [7, 11) is 0. The highest BCUT2D eigenvalue weighted by molar-refractivity contribution is 9.10. The summed E-state index contributed by atoms with van der Waals surface area (Å²) in [6, 6.07) is 2.45. The Morgan fingerprint density at radius 1 is 1.29 bits per heavy atom. The molecule has 2 heterocycles. The van der Waals surface area contributed by atoms with Gasteiger partial charge >= 0.3 is 0 Å². The van der Waals surface area contributed by atoms with Crippen molar-refractivity contribution in [2.24, 2.45) is 0 Å². The summed E-state index contributed by atoms with van der Waals surface area (Å²) < 4.78 is 5.03.